The van der Waals surface area contributed by atoms with Crippen LogP contribution in [0.25, 0.3) is 5.69 Å². The first-order valence-electron chi connectivity index (χ1n) is 11.0. The van der Waals surface area contributed by atoms with Crippen LogP contribution in [0.15, 0.2) is 46.2 Å². The Morgan fingerprint density at radius 3 is 2.73 bits per heavy atom. The SMILES string of the molecule is CCCCn1c(N)c(N(CCC(C)C)C(=O)c2cnn(-c3cccc(Cl)c3)c2)c(=O)[nH]c1=O. The molecule has 3 rings (SSSR count). The van der Waals surface area contributed by atoms with Gasteiger partial charge in [-0.2, -0.15) is 5.10 Å². The number of aromatic nitrogens is 4. The van der Waals surface area contributed by atoms with Crippen molar-refractivity contribution in [3.8, 4) is 5.69 Å². The molecule has 0 fully saturated rings. The largest absolute Gasteiger partial charge is 0.383 e. The molecule has 0 radical (unpaired) electrons. The van der Waals surface area contributed by atoms with Gasteiger partial charge >= 0.3 is 5.69 Å². The van der Waals surface area contributed by atoms with Crippen molar-refractivity contribution in [2.24, 2.45) is 5.92 Å². The molecule has 0 atom stereocenters. The predicted octanol–water partition coefficient (Wildman–Crippen LogP) is 3.45. The van der Waals surface area contributed by atoms with Gasteiger partial charge in [0, 0.05) is 24.3 Å². The highest BCUT2D eigenvalue weighted by molar-refractivity contribution is 6.30. The van der Waals surface area contributed by atoms with Gasteiger partial charge in [-0.3, -0.25) is 19.1 Å². The summed E-state index contributed by atoms with van der Waals surface area (Å²) in [5, 5.41) is 4.82. The van der Waals surface area contributed by atoms with Crippen LogP contribution >= 0.6 is 11.6 Å². The number of rotatable bonds is 9. The summed E-state index contributed by atoms with van der Waals surface area (Å²) in [6, 6.07) is 7.08. The van der Waals surface area contributed by atoms with Crippen LogP contribution < -0.4 is 21.9 Å². The second-order valence-corrected chi connectivity index (χ2v) is 8.73. The van der Waals surface area contributed by atoms with Crippen LogP contribution in [-0.2, 0) is 6.54 Å². The predicted molar refractivity (Wildman–Crippen MR) is 130 cm³/mol. The number of aromatic amines is 1. The van der Waals surface area contributed by atoms with Gasteiger partial charge in [0.15, 0.2) is 5.69 Å². The Labute approximate surface area is 196 Å². The molecule has 9 nitrogen and oxygen atoms in total. The molecule has 2 aromatic heterocycles. The lowest BCUT2D eigenvalue weighted by Gasteiger charge is -2.25. The molecule has 10 heteroatoms. The molecule has 0 unspecified atom stereocenters. The Morgan fingerprint density at radius 1 is 1.30 bits per heavy atom. The first-order valence-corrected chi connectivity index (χ1v) is 11.4. The second kappa shape index (κ2) is 10.5. The number of halogens is 1. The molecule has 2 heterocycles. The summed E-state index contributed by atoms with van der Waals surface area (Å²) in [5.41, 5.74) is 5.96. The molecule has 33 heavy (non-hydrogen) atoms. The van der Waals surface area contributed by atoms with Gasteiger partial charge in [0.25, 0.3) is 11.5 Å². The fourth-order valence-corrected chi connectivity index (χ4v) is 3.61. The van der Waals surface area contributed by atoms with E-state index >= 15 is 0 Å². The van der Waals surface area contributed by atoms with E-state index in [1.807, 2.05) is 26.8 Å². The first-order chi connectivity index (χ1) is 15.7. The number of nitrogens with two attached hydrogens (primary N) is 1. The van der Waals surface area contributed by atoms with Crippen LogP contribution in [0.5, 0.6) is 0 Å². The summed E-state index contributed by atoms with van der Waals surface area (Å²) in [6.45, 7) is 6.65. The number of anilines is 2. The highest BCUT2D eigenvalue weighted by Gasteiger charge is 2.26. The molecular weight excluding hydrogens is 444 g/mol. The molecule has 0 saturated heterocycles. The Kier molecular flexibility index (Phi) is 7.75. The van der Waals surface area contributed by atoms with Gasteiger partial charge in [0.2, 0.25) is 0 Å². The lowest BCUT2D eigenvalue weighted by Crippen LogP contribution is -2.42. The van der Waals surface area contributed by atoms with Crippen LogP contribution in [0.1, 0.15) is 50.4 Å². The van der Waals surface area contributed by atoms with Gasteiger partial charge in [0.05, 0.1) is 17.4 Å². The molecule has 3 aromatic rings. The van der Waals surface area contributed by atoms with Crippen molar-refractivity contribution in [1.82, 2.24) is 19.3 Å². The lowest BCUT2D eigenvalue weighted by atomic mass is 10.1. The molecule has 176 valence electrons. The van der Waals surface area contributed by atoms with Gasteiger partial charge in [0.1, 0.15) is 5.82 Å². The van der Waals surface area contributed by atoms with Crippen molar-refractivity contribution in [2.45, 2.75) is 46.6 Å². The molecule has 0 spiro atoms. The van der Waals surface area contributed by atoms with E-state index in [0.717, 1.165) is 6.42 Å². The smallest absolute Gasteiger partial charge is 0.330 e. The molecular formula is C23H29ClN6O3. The Bertz CT molecular complexity index is 1240. The monoisotopic (exact) mass is 472 g/mol. The van der Waals surface area contributed by atoms with Crippen LogP contribution in [0.2, 0.25) is 5.02 Å². The quantitative estimate of drug-likeness (QED) is 0.494. The Balaban J connectivity index is 2.05. The van der Waals surface area contributed by atoms with E-state index in [-0.39, 0.29) is 29.5 Å². The van der Waals surface area contributed by atoms with Crippen LogP contribution in [-0.4, -0.2) is 31.8 Å². The maximum Gasteiger partial charge on any atom is 0.330 e. The summed E-state index contributed by atoms with van der Waals surface area (Å²) in [5.74, 6) is -0.167. The van der Waals surface area contributed by atoms with Crippen molar-refractivity contribution in [3.05, 3.63) is 68.1 Å². The average Bonchev–Trinajstić information content (AvgIpc) is 3.25. The fourth-order valence-electron chi connectivity index (χ4n) is 3.43. The van der Waals surface area contributed by atoms with Crippen molar-refractivity contribution in [1.29, 1.82) is 0 Å². The second-order valence-electron chi connectivity index (χ2n) is 8.29. The molecule has 0 bridgehead atoms. The molecule has 3 N–H and O–H groups in total. The van der Waals surface area contributed by atoms with Gasteiger partial charge in [-0.15, -0.1) is 0 Å². The number of hydrogen-bond acceptors (Lipinski definition) is 5. The molecule has 0 aliphatic heterocycles. The molecule has 1 aromatic carbocycles. The summed E-state index contributed by atoms with van der Waals surface area (Å²) in [6.07, 6.45) is 5.21. The number of H-pyrrole nitrogens is 1. The molecule has 0 aliphatic rings. The Morgan fingerprint density at radius 2 is 2.06 bits per heavy atom. The first kappa shape index (κ1) is 24.3. The van der Waals surface area contributed by atoms with E-state index < -0.39 is 17.2 Å². The third kappa shape index (κ3) is 5.54. The van der Waals surface area contributed by atoms with Gasteiger partial charge in [-0.25, -0.2) is 9.48 Å². The third-order valence-electron chi connectivity index (χ3n) is 5.30. The topological polar surface area (TPSA) is 119 Å². The van der Waals surface area contributed by atoms with Gasteiger partial charge in [-0.1, -0.05) is 44.9 Å². The molecule has 0 saturated carbocycles. The Hall–Kier alpha value is -3.33. The minimum absolute atomic E-state index is 0.0171. The summed E-state index contributed by atoms with van der Waals surface area (Å²) in [4.78, 5) is 42.3. The van der Waals surface area contributed by atoms with Gasteiger partial charge < -0.3 is 10.6 Å². The summed E-state index contributed by atoms with van der Waals surface area (Å²) >= 11 is 6.07. The summed E-state index contributed by atoms with van der Waals surface area (Å²) in [7, 11) is 0. The maximum atomic E-state index is 13.5. The molecule has 0 aliphatic carbocycles. The van der Waals surface area contributed by atoms with Crippen LogP contribution in [0.3, 0.4) is 0 Å². The number of unbranched alkanes of at least 4 members (excludes halogenated alkanes) is 1. The number of carbonyl (C=O) groups excluding carboxylic acids is 1. The lowest BCUT2D eigenvalue weighted by molar-refractivity contribution is 0.0985. The minimum atomic E-state index is -0.690. The zero-order chi connectivity index (χ0) is 24.1. The number of nitrogens with zero attached hydrogens (tertiary/aromatic N) is 4. The highest BCUT2D eigenvalue weighted by atomic mass is 35.5. The van der Waals surface area contributed by atoms with Crippen molar-refractivity contribution >= 4 is 29.0 Å². The highest BCUT2D eigenvalue weighted by Crippen LogP contribution is 2.22. The van der Waals surface area contributed by atoms with E-state index in [9.17, 15) is 14.4 Å². The standard InChI is InChI=1S/C23H29ClN6O3/c1-4-5-10-29-20(25)19(21(31)27-23(29)33)28(11-9-15(2)3)22(32)16-13-26-30(14-16)18-8-6-7-17(24)12-18/h6-8,12-15H,4-5,9-11,25H2,1-3H3,(H,27,31,33). The zero-order valence-electron chi connectivity index (χ0n) is 19.0. The van der Waals surface area contributed by atoms with Gasteiger partial charge in [-0.05, 0) is 37.0 Å². The number of hydrogen-bond donors (Lipinski definition) is 2. The average molecular weight is 473 g/mol. The van der Waals surface area contributed by atoms with Crippen molar-refractivity contribution in [3.63, 3.8) is 0 Å². The van der Waals surface area contributed by atoms with Crippen molar-refractivity contribution < 1.29 is 4.79 Å². The van der Waals surface area contributed by atoms with E-state index in [1.54, 1.807) is 24.4 Å². The minimum Gasteiger partial charge on any atom is -0.383 e. The number of nitrogen functional groups attached to an aromatic ring is 1. The van der Waals surface area contributed by atoms with Crippen LogP contribution in [0, 0.1) is 5.92 Å². The van der Waals surface area contributed by atoms with E-state index in [1.165, 1.54) is 20.3 Å². The van der Waals surface area contributed by atoms with E-state index in [4.69, 9.17) is 17.3 Å². The summed E-state index contributed by atoms with van der Waals surface area (Å²) < 4.78 is 2.85. The van der Waals surface area contributed by atoms with Crippen molar-refractivity contribution in [2.75, 3.05) is 17.2 Å². The number of carbonyl (C=O) groups is 1. The number of benzene rings is 1. The van der Waals surface area contributed by atoms with E-state index in [2.05, 4.69) is 10.1 Å². The number of amides is 1. The zero-order valence-corrected chi connectivity index (χ0v) is 19.8. The normalized spacial score (nSPS) is 11.2. The molecule has 1 amide bonds. The fraction of sp³-hybridized carbons (Fsp3) is 0.391. The maximum absolute atomic E-state index is 13.5. The third-order valence-corrected chi connectivity index (χ3v) is 5.53. The van der Waals surface area contributed by atoms with Crippen LogP contribution in [0.4, 0.5) is 11.5 Å². The van der Waals surface area contributed by atoms with E-state index in [0.29, 0.717) is 30.1 Å². The number of nitrogens with one attached hydrogen (secondary N) is 1.